The van der Waals surface area contributed by atoms with E-state index in [0.717, 1.165) is 0 Å². The van der Waals surface area contributed by atoms with E-state index in [0.29, 0.717) is 39.2 Å². The predicted octanol–water partition coefficient (Wildman–Crippen LogP) is 3.09. The molecule has 8 nitrogen and oxygen atoms in total. The average Bonchev–Trinajstić information content (AvgIpc) is 3.02. The second-order valence-corrected chi connectivity index (χ2v) is 7.16. The molecular weight excluding hydrogens is 380 g/mol. The number of thiol groups is 1. The van der Waals surface area contributed by atoms with Crippen LogP contribution in [0.1, 0.15) is 25.3 Å². The van der Waals surface area contributed by atoms with Gasteiger partial charge in [0, 0.05) is 6.07 Å². The molecule has 9 heteroatoms. The highest BCUT2D eigenvalue weighted by Gasteiger charge is 2.22. The van der Waals surface area contributed by atoms with Crippen molar-refractivity contribution >= 4 is 24.2 Å². The number of phenols is 2. The molecule has 1 amide bonds. The molecule has 0 fully saturated rings. The molecule has 2 heterocycles. The summed E-state index contributed by atoms with van der Waals surface area (Å²) >= 11 is 4.39. The third-order valence-corrected chi connectivity index (χ3v) is 4.80. The van der Waals surface area contributed by atoms with Gasteiger partial charge in [-0.1, -0.05) is 13.8 Å². The quantitative estimate of drug-likeness (QED) is 0.505. The summed E-state index contributed by atoms with van der Waals surface area (Å²) in [6.07, 6.45) is 0. The lowest BCUT2D eigenvalue weighted by molar-refractivity contribution is -0.118. The number of nitrogens with one attached hydrogen (secondary N) is 1. The van der Waals surface area contributed by atoms with E-state index in [-0.39, 0.29) is 29.9 Å². The van der Waals surface area contributed by atoms with Crippen LogP contribution in [0.3, 0.4) is 0 Å². The van der Waals surface area contributed by atoms with Crippen LogP contribution in [-0.4, -0.2) is 37.5 Å². The number of hydrogen-bond donors (Lipinski definition) is 4. The van der Waals surface area contributed by atoms with Gasteiger partial charge in [-0.3, -0.25) is 9.36 Å². The topological polar surface area (TPSA) is 110 Å². The van der Waals surface area contributed by atoms with Gasteiger partial charge in [-0.25, -0.2) is 0 Å². The molecule has 0 aliphatic carbocycles. The summed E-state index contributed by atoms with van der Waals surface area (Å²) in [6.45, 7) is 3.86. The zero-order valence-corrected chi connectivity index (χ0v) is 16.1. The Morgan fingerprint density at radius 1 is 1.18 bits per heavy atom. The fourth-order valence-electron chi connectivity index (χ4n) is 3.13. The van der Waals surface area contributed by atoms with Gasteiger partial charge in [-0.05, 0) is 35.7 Å². The standard InChI is InChI=1S/C19H18N4O4S/c1-9(2)11-6-12(15(25)7-14(11)24)18-21-22-19(28)23(18)10-3-4-16-13(5-10)20-17(26)8-27-16/h3-7,9,24-25H,8H2,1-2H3,(H,20,26)(H,22,28). The molecule has 2 aromatic carbocycles. The van der Waals surface area contributed by atoms with Crippen molar-refractivity contribution in [1.82, 2.24) is 14.8 Å². The van der Waals surface area contributed by atoms with Gasteiger partial charge in [0.2, 0.25) is 0 Å². The molecule has 0 spiro atoms. The Labute approximate surface area is 166 Å². The molecule has 0 saturated heterocycles. The van der Waals surface area contributed by atoms with E-state index in [2.05, 4.69) is 28.1 Å². The maximum Gasteiger partial charge on any atom is 0.262 e. The molecule has 1 aliphatic rings. The summed E-state index contributed by atoms with van der Waals surface area (Å²) in [4.78, 5) is 11.6. The summed E-state index contributed by atoms with van der Waals surface area (Å²) in [6, 6.07) is 8.22. The molecule has 3 N–H and O–H groups in total. The Morgan fingerprint density at radius 3 is 2.71 bits per heavy atom. The maximum atomic E-state index is 11.6. The predicted molar refractivity (Wildman–Crippen MR) is 106 cm³/mol. The van der Waals surface area contributed by atoms with Crippen molar-refractivity contribution < 1.29 is 19.7 Å². The van der Waals surface area contributed by atoms with Gasteiger partial charge in [0.05, 0.1) is 16.9 Å². The van der Waals surface area contributed by atoms with Gasteiger partial charge >= 0.3 is 0 Å². The van der Waals surface area contributed by atoms with Crippen molar-refractivity contribution in [2.24, 2.45) is 0 Å². The SMILES string of the molecule is CC(C)c1cc(-c2nnc(S)n2-c2ccc3c(c2)NC(=O)CO3)c(O)cc1O. The van der Waals surface area contributed by atoms with Crippen LogP contribution in [-0.2, 0) is 4.79 Å². The monoisotopic (exact) mass is 398 g/mol. The van der Waals surface area contributed by atoms with Gasteiger partial charge in [0.1, 0.15) is 17.2 Å². The van der Waals surface area contributed by atoms with E-state index in [9.17, 15) is 15.0 Å². The number of nitrogens with zero attached hydrogens (tertiary/aromatic N) is 3. The fourth-order valence-corrected chi connectivity index (χ4v) is 3.39. The van der Waals surface area contributed by atoms with Crippen LogP contribution in [0.2, 0.25) is 0 Å². The van der Waals surface area contributed by atoms with Crippen molar-refractivity contribution in [3.8, 4) is 34.3 Å². The molecule has 3 aromatic rings. The summed E-state index contributed by atoms with van der Waals surface area (Å²) < 4.78 is 7.03. The second kappa shape index (κ2) is 6.75. The lowest BCUT2D eigenvalue weighted by Crippen LogP contribution is -2.25. The molecule has 0 saturated carbocycles. The highest BCUT2D eigenvalue weighted by Crippen LogP contribution is 2.39. The van der Waals surface area contributed by atoms with Crippen molar-refractivity contribution in [1.29, 1.82) is 0 Å². The van der Waals surface area contributed by atoms with Crippen LogP contribution in [0.5, 0.6) is 17.2 Å². The van der Waals surface area contributed by atoms with Crippen LogP contribution in [0.25, 0.3) is 17.1 Å². The summed E-state index contributed by atoms with van der Waals surface area (Å²) in [5, 5.41) is 31.8. The Hall–Kier alpha value is -3.20. The van der Waals surface area contributed by atoms with Gasteiger partial charge < -0.3 is 20.3 Å². The van der Waals surface area contributed by atoms with Crippen molar-refractivity contribution in [3.05, 3.63) is 35.9 Å². The van der Waals surface area contributed by atoms with Gasteiger partial charge in [0.15, 0.2) is 17.6 Å². The first kappa shape index (κ1) is 18.2. The molecular formula is C19H18N4O4S. The first-order valence-corrected chi connectivity index (χ1v) is 9.07. The largest absolute Gasteiger partial charge is 0.508 e. The number of fused-ring (bicyclic) bond motifs is 1. The highest BCUT2D eigenvalue weighted by atomic mass is 32.1. The van der Waals surface area contributed by atoms with Crippen LogP contribution in [0, 0.1) is 0 Å². The molecule has 1 aromatic heterocycles. The number of amides is 1. The van der Waals surface area contributed by atoms with E-state index in [4.69, 9.17) is 4.74 Å². The summed E-state index contributed by atoms with van der Waals surface area (Å²) in [5.74, 6) is 0.612. The molecule has 0 bridgehead atoms. The number of carbonyl (C=O) groups excluding carboxylic acids is 1. The second-order valence-electron chi connectivity index (χ2n) is 6.76. The van der Waals surface area contributed by atoms with Crippen LogP contribution in [0.15, 0.2) is 35.5 Å². The number of rotatable bonds is 3. The normalized spacial score (nSPS) is 13.2. The third kappa shape index (κ3) is 3.03. The van der Waals surface area contributed by atoms with Crippen molar-refractivity contribution in [2.75, 3.05) is 11.9 Å². The van der Waals surface area contributed by atoms with Crippen LogP contribution >= 0.6 is 12.6 Å². The lowest BCUT2D eigenvalue weighted by atomic mass is 9.98. The van der Waals surface area contributed by atoms with Gasteiger partial charge in [-0.15, -0.1) is 22.8 Å². The molecule has 28 heavy (non-hydrogen) atoms. The minimum atomic E-state index is -0.238. The zero-order chi connectivity index (χ0) is 20.0. The number of aromatic hydroxyl groups is 2. The number of benzene rings is 2. The molecule has 0 radical (unpaired) electrons. The smallest absolute Gasteiger partial charge is 0.262 e. The molecule has 4 rings (SSSR count). The van der Waals surface area contributed by atoms with E-state index < -0.39 is 0 Å². The first-order valence-electron chi connectivity index (χ1n) is 8.63. The minimum absolute atomic E-state index is 0.0158. The Morgan fingerprint density at radius 2 is 1.96 bits per heavy atom. The van der Waals surface area contributed by atoms with Gasteiger partial charge in [-0.2, -0.15) is 0 Å². The average molecular weight is 398 g/mol. The van der Waals surface area contributed by atoms with E-state index in [1.807, 2.05) is 13.8 Å². The Kier molecular flexibility index (Phi) is 4.38. The third-order valence-electron chi connectivity index (χ3n) is 4.51. The fraction of sp³-hybridized carbons (Fsp3) is 0.211. The minimum Gasteiger partial charge on any atom is -0.508 e. The van der Waals surface area contributed by atoms with Crippen LogP contribution in [0.4, 0.5) is 5.69 Å². The lowest BCUT2D eigenvalue weighted by Gasteiger charge is -2.19. The first-order chi connectivity index (χ1) is 13.3. The van der Waals surface area contributed by atoms with Crippen LogP contribution < -0.4 is 10.1 Å². The van der Waals surface area contributed by atoms with E-state index in [1.165, 1.54) is 6.07 Å². The van der Waals surface area contributed by atoms with E-state index >= 15 is 0 Å². The molecule has 0 unspecified atom stereocenters. The van der Waals surface area contributed by atoms with Crippen molar-refractivity contribution in [2.45, 2.75) is 24.9 Å². The molecule has 1 aliphatic heterocycles. The number of carbonyl (C=O) groups is 1. The molecule has 0 atom stereocenters. The number of anilines is 1. The Balaban J connectivity index is 1.87. The molecule has 144 valence electrons. The zero-order valence-electron chi connectivity index (χ0n) is 15.2. The number of ether oxygens (including phenoxy) is 1. The highest BCUT2D eigenvalue weighted by molar-refractivity contribution is 7.80. The van der Waals surface area contributed by atoms with Crippen molar-refractivity contribution in [3.63, 3.8) is 0 Å². The maximum absolute atomic E-state index is 11.6. The van der Waals surface area contributed by atoms with E-state index in [1.54, 1.807) is 28.8 Å². The Bertz CT molecular complexity index is 1090. The summed E-state index contributed by atoms with van der Waals surface area (Å²) in [7, 11) is 0. The van der Waals surface area contributed by atoms with Gasteiger partial charge in [0.25, 0.3) is 5.91 Å². The number of aromatic nitrogens is 3. The number of phenolic OH excluding ortho intramolecular Hbond substituents is 2. The summed E-state index contributed by atoms with van der Waals surface area (Å²) in [5.41, 5.74) is 2.24. The number of hydrogen-bond acceptors (Lipinski definition) is 7.